The largest absolute Gasteiger partial charge is 1.00 e. The maximum atomic E-state index is 12.2. The van der Waals surface area contributed by atoms with Crippen LogP contribution in [-0.4, -0.2) is 88.5 Å². The first kappa shape index (κ1) is 57.1. The van der Waals surface area contributed by atoms with Gasteiger partial charge in [-0.1, -0.05) is 168 Å². The first-order chi connectivity index (χ1) is 24.6. The highest BCUT2D eigenvalue weighted by molar-refractivity contribution is 5.72. The molecule has 8 heteroatoms. The van der Waals surface area contributed by atoms with Gasteiger partial charge >= 0.3 is 11.9 Å². The van der Waals surface area contributed by atoms with Crippen LogP contribution in [0.4, 0.5) is 0 Å². The molecule has 0 saturated carbocycles. The van der Waals surface area contributed by atoms with Crippen LogP contribution < -0.4 is 34.0 Å². The molecule has 0 fully saturated rings. The van der Waals surface area contributed by atoms with Crippen LogP contribution in [0.15, 0.2) is 0 Å². The number of rotatable bonds is 40. The van der Waals surface area contributed by atoms with Crippen LogP contribution in [-0.2, 0) is 19.1 Å². The van der Waals surface area contributed by atoms with Crippen LogP contribution in [0.5, 0.6) is 0 Å². The number of hydrogen-bond donors (Lipinski definition) is 0. The molecule has 0 spiro atoms. The number of nitrogens with zero attached hydrogens (tertiary/aromatic N) is 2. The van der Waals surface area contributed by atoms with Gasteiger partial charge in [-0.25, -0.2) is 0 Å². The molecule has 0 bridgehead atoms. The van der Waals surface area contributed by atoms with E-state index < -0.39 is 0 Å². The van der Waals surface area contributed by atoms with Gasteiger partial charge in [-0.15, -0.1) is 0 Å². The minimum absolute atomic E-state index is 0. The van der Waals surface area contributed by atoms with E-state index in [-0.39, 0.29) is 58.7 Å². The van der Waals surface area contributed by atoms with Crippen LogP contribution in [0.2, 0.25) is 0 Å². The lowest BCUT2D eigenvalue weighted by Crippen LogP contribution is -3.00. The monoisotopic (exact) mass is 883 g/mol. The highest BCUT2D eigenvalue weighted by atomic mass is 79.9. The third-order valence-electron chi connectivity index (χ3n) is 10.9. The van der Waals surface area contributed by atoms with Crippen molar-refractivity contribution in [2.75, 3.05) is 67.6 Å². The molecule has 0 aliphatic carbocycles. The standard InChI is InChI=1S/C45H92N2O4.2BrH/c1-7-9-11-13-15-17-19-21-23-25-27-29-31-33-38-46(3,4)40-42-50-44(48)36-35-37-45(49)51-43-41-47(5,6)39-34-32-30-28-26-24-22-20-18-16-14-12-10-8-2;;/h7-43H2,1-6H3;2*1H/q+2;;/p-2. The average Bonchev–Trinajstić information content (AvgIpc) is 3.08. The molecule has 320 valence electrons. The van der Waals surface area contributed by atoms with Crippen LogP contribution in [0.3, 0.4) is 0 Å². The zero-order chi connectivity index (χ0) is 37.7. The quantitative estimate of drug-likeness (QED) is 0.0409. The molecule has 0 N–H and O–H groups in total. The van der Waals surface area contributed by atoms with E-state index in [0.717, 1.165) is 35.1 Å². The Morgan fingerprint density at radius 2 is 0.566 bits per heavy atom. The van der Waals surface area contributed by atoms with Crippen molar-refractivity contribution in [3.8, 4) is 0 Å². The van der Waals surface area contributed by atoms with E-state index in [1.807, 2.05) is 0 Å². The summed E-state index contributed by atoms with van der Waals surface area (Å²) < 4.78 is 12.8. The molecule has 0 aliphatic heterocycles. The lowest BCUT2D eigenvalue weighted by Gasteiger charge is -2.29. The second-order valence-electron chi connectivity index (χ2n) is 17.3. The fourth-order valence-corrected chi connectivity index (χ4v) is 7.03. The minimum Gasteiger partial charge on any atom is -1.00 e. The molecule has 0 amide bonds. The van der Waals surface area contributed by atoms with E-state index >= 15 is 0 Å². The summed E-state index contributed by atoms with van der Waals surface area (Å²) in [5.41, 5.74) is 0. The molecule has 53 heavy (non-hydrogen) atoms. The van der Waals surface area contributed by atoms with Crippen molar-refractivity contribution in [1.82, 2.24) is 0 Å². The Bertz CT molecular complexity index is 720. The lowest BCUT2D eigenvalue weighted by molar-refractivity contribution is -0.890. The molecule has 0 atom stereocenters. The number of likely N-dealkylation sites (N-methyl/N-ethyl adjacent to an activating group) is 2. The smallest absolute Gasteiger partial charge is 0.306 e. The van der Waals surface area contributed by atoms with Crippen molar-refractivity contribution in [2.45, 2.75) is 213 Å². The van der Waals surface area contributed by atoms with Crippen molar-refractivity contribution in [3.63, 3.8) is 0 Å². The average molecular weight is 885 g/mol. The second kappa shape index (κ2) is 41.5. The topological polar surface area (TPSA) is 52.6 Å². The Balaban J connectivity index is -0.0000125. The molecule has 0 rings (SSSR count). The van der Waals surface area contributed by atoms with E-state index in [1.54, 1.807) is 0 Å². The Morgan fingerprint density at radius 3 is 0.811 bits per heavy atom. The number of carbonyl (C=O) groups is 2. The van der Waals surface area contributed by atoms with Crippen molar-refractivity contribution in [2.24, 2.45) is 0 Å². The Morgan fingerprint density at radius 1 is 0.340 bits per heavy atom. The van der Waals surface area contributed by atoms with Crippen molar-refractivity contribution in [1.29, 1.82) is 0 Å². The third-order valence-corrected chi connectivity index (χ3v) is 10.9. The van der Waals surface area contributed by atoms with Crippen LogP contribution in [0.1, 0.15) is 213 Å². The van der Waals surface area contributed by atoms with Gasteiger partial charge in [0.25, 0.3) is 0 Å². The maximum Gasteiger partial charge on any atom is 0.306 e. The molecule has 0 saturated heterocycles. The Labute approximate surface area is 352 Å². The third kappa shape index (κ3) is 44.4. The summed E-state index contributed by atoms with van der Waals surface area (Å²) in [6.45, 7) is 9.37. The summed E-state index contributed by atoms with van der Waals surface area (Å²) in [6, 6.07) is 0. The normalized spacial score (nSPS) is 11.6. The van der Waals surface area contributed by atoms with Gasteiger partial charge in [-0.05, 0) is 32.1 Å². The van der Waals surface area contributed by atoms with E-state index in [2.05, 4.69) is 42.0 Å². The number of carbonyl (C=O) groups excluding carboxylic acids is 2. The molecule has 0 unspecified atom stereocenters. The van der Waals surface area contributed by atoms with Gasteiger partial charge in [0.15, 0.2) is 0 Å². The van der Waals surface area contributed by atoms with Crippen molar-refractivity contribution < 1.29 is 62.0 Å². The summed E-state index contributed by atoms with van der Waals surface area (Å²) in [4.78, 5) is 24.5. The van der Waals surface area contributed by atoms with Crippen LogP contribution >= 0.6 is 0 Å². The molecule has 0 aromatic rings. The number of quaternary nitrogens is 2. The van der Waals surface area contributed by atoms with E-state index in [1.165, 1.54) is 180 Å². The molecule has 0 aromatic heterocycles. The fourth-order valence-electron chi connectivity index (χ4n) is 7.03. The van der Waals surface area contributed by atoms with E-state index in [0.29, 0.717) is 19.6 Å². The zero-order valence-corrected chi connectivity index (χ0v) is 39.6. The maximum absolute atomic E-state index is 12.2. The molecular formula is C45H92Br2N2O4. The second-order valence-corrected chi connectivity index (χ2v) is 17.3. The lowest BCUT2D eigenvalue weighted by atomic mass is 10.0. The molecule has 0 aliphatic rings. The van der Waals surface area contributed by atoms with Crippen molar-refractivity contribution in [3.05, 3.63) is 0 Å². The number of esters is 2. The first-order valence-electron chi connectivity index (χ1n) is 22.6. The summed E-state index contributed by atoms with van der Waals surface area (Å²) >= 11 is 0. The Kier molecular flexibility index (Phi) is 44.7. The van der Waals surface area contributed by atoms with Crippen molar-refractivity contribution >= 4 is 11.9 Å². The first-order valence-corrected chi connectivity index (χ1v) is 22.6. The molecule has 6 nitrogen and oxygen atoms in total. The summed E-state index contributed by atoms with van der Waals surface area (Å²) in [7, 11) is 8.91. The Hall–Kier alpha value is -0.180. The molecule has 0 radical (unpaired) electrons. The van der Waals surface area contributed by atoms with Crippen LogP contribution in [0, 0.1) is 0 Å². The van der Waals surface area contributed by atoms with Gasteiger partial charge in [0.1, 0.15) is 26.3 Å². The van der Waals surface area contributed by atoms with Gasteiger partial charge in [0, 0.05) is 12.8 Å². The van der Waals surface area contributed by atoms with Gasteiger partial charge in [-0.2, -0.15) is 0 Å². The number of unbranched alkanes of at least 4 members (excludes halogenated alkanes) is 26. The van der Waals surface area contributed by atoms with Gasteiger partial charge in [0.05, 0.1) is 41.3 Å². The SMILES string of the molecule is CCCCCCCCCCCCCCCC[N+](C)(C)CCOC(=O)CCCC(=O)OCC[N+](C)(C)CCCCCCCCCCCCCCCC.[Br-].[Br-]. The van der Waals surface area contributed by atoms with E-state index in [4.69, 9.17) is 9.47 Å². The fraction of sp³-hybridized carbons (Fsp3) is 0.956. The molecule has 0 aromatic carbocycles. The van der Waals surface area contributed by atoms with Crippen LogP contribution in [0.25, 0.3) is 0 Å². The summed E-state index contributed by atoms with van der Waals surface area (Å²) in [5, 5.41) is 0. The minimum atomic E-state index is -0.203. The summed E-state index contributed by atoms with van der Waals surface area (Å²) in [6.07, 6.45) is 39.7. The predicted octanol–water partition coefficient (Wildman–Crippen LogP) is 6.37. The number of hydrogen-bond acceptors (Lipinski definition) is 4. The predicted molar refractivity (Wildman–Crippen MR) is 220 cm³/mol. The highest BCUT2D eigenvalue weighted by Crippen LogP contribution is 2.15. The van der Waals surface area contributed by atoms with E-state index in [9.17, 15) is 9.59 Å². The number of halogens is 2. The highest BCUT2D eigenvalue weighted by Gasteiger charge is 2.17. The van der Waals surface area contributed by atoms with Gasteiger partial charge in [-0.3, -0.25) is 9.59 Å². The molecular weight excluding hydrogens is 792 g/mol. The molecule has 0 heterocycles. The van der Waals surface area contributed by atoms with Gasteiger partial charge < -0.3 is 52.4 Å². The van der Waals surface area contributed by atoms with Gasteiger partial charge in [0.2, 0.25) is 0 Å². The number of ether oxygens (including phenoxy) is 2. The summed E-state index contributed by atoms with van der Waals surface area (Å²) in [5.74, 6) is -0.407. The zero-order valence-electron chi connectivity index (χ0n) is 36.4.